The van der Waals surface area contributed by atoms with E-state index in [-0.39, 0.29) is 18.0 Å². The zero-order valence-corrected chi connectivity index (χ0v) is 13.9. The van der Waals surface area contributed by atoms with Gasteiger partial charge in [-0.2, -0.15) is 5.10 Å². The van der Waals surface area contributed by atoms with Crippen molar-refractivity contribution in [1.82, 2.24) is 29.6 Å². The van der Waals surface area contributed by atoms with Crippen molar-refractivity contribution in [3.05, 3.63) is 36.5 Å². The summed E-state index contributed by atoms with van der Waals surface area (Å²) >= 11 is 0. The largest absolute Gasteiger partial charge is 0.364 e. The fourth-order valence-electron chi connectivity index (χ4n) is 3.85. The third-order valence-electron chi connectivity index (χ3n) is 5.14. The zero-order valence-electron chi connectivity index (χ0n) is 13.9. The maximum atomic E-state index is 12.7. The first-order valence-corrected chi connectivity index (χ1v) is 8.56. The molecule has 8 nitrogen and oxygen atoms in total. The number of aromatic nitrogens is 5. The number of H-pyrrole nitrogens is 1. The molecule has 2 N–H and O–H groups in total. The summed E-state index contributed by atoms with van der Waals surface area (Å²) in [6.07, 6.45) is 7.80. The predicted molar refractivity (Wildman–Crippen MR) is 91.7 cm³/mol. The molecule has 2 atom stereocenters. The summed E-state index contributed by atoms with van der Waals surface area (Å²) in [6.45, 7) is 0. The SMILES string of the molecule is Cn1nccc1[C@H]1[C@H](Nc2ncnc3[nH]ccc23)CC(=O)N1C1CC1. The topological polar surface area (TPSA) is 91.7 Å². The first-order chi connectivity index (χ1) is 12.2. The Labute approximate surface area is 144 Å². The normalized spacial score (nSPS) is 23.6. The summed E-state index contributed by atoms with van der Waals surface area (Å²) < 4.78 is 1.86. The van der Waals surface area contributed by atoms with Gasteiger partial charge in [0.1, 0.15) is 17.8 Å². The van der Waals surface area contributed by atoms with Crippen molar-refractivity contribution in [2.75, 3.05) is 5.32 Å². The monoisotopic (exact) mass is 337 g/mol. The minimum absolute atomic E-state index is 0.0311. The summed E-state index contributed by atoms with van der Waals surface area (Å²) in [5, 5.41) is 8.74. The van der Waals surface area contributed by atoms with Crippen LogP contribution < -0.4 is 5.32 Å². The number of carbonyl (C=O) groups excluding carboxylic acids is 1. The van der Waals surface area contributed by atoms with Crippen LogP contribution in [-0.2, 0) is 11.8 Å². The van der Waals surface area contributed by atoms with Gasteiger partial charge in [0, 0.05) is 31.9 Å². The number of likely N-dealkylation sites (tertiary alicyclic amines) is 1. The molecule has 0 radical (unpaired) electrons. The molecule has 0 unspecified atom stereocenters. The van der Waals surface area contributed by atoms with E-state index < -0.39 is 0 Å². The van der Waals surface area contributed by atoms with Crippen molar-refractivity contribution in [2.24, 2.45) is 7.05 Å². The molecular weight excluding hydrogens is 318 g/mol. The second kappa shape index (κ2) is 5.30. The minimum atomic E-state index is -0.0449. The molecule has 3 aromatic heterocycles. The molecule has 128 valence electrons. The number of nitrogens with one attached hydrogen (secondary N) is 2. The Morgan fingerprint density at radius 2 is 2.16 bits per heavy atom. The van der Waals surface area contributed by atoms with Gasteiger partial charge in [0.2, 0.25) is 5.91 Å². The average Bonchev–Trinajstić information content (AvgIpc) is 3.01. The summed E-state index contributed by atoms with van der Waals surface area (Å²) in [5.41, 5.74) is 1.84. The molecule has 1 amide bonds. The Morgan fingerprint density at radius 1 is 1.28 bits per heavy atom. The lowest BCUT2D eigenvalue weighted by molar-refractivity contribution is -0.129. The number of nitrogens with zero attached hydrogens (tertiary/aromatic N) is 5. The highest BCUT2D eigenvalue weighted by atomic mass is 16.2. The fraction of sp³-hybridized carbons (Fsp3) is 0.412. The van der Waals surface area contributed by atoms with Crippen LogP contribution in [0.2, 0.25) is 0 Å². The van der Waals surface area contributed by atoms with Crippen molar-refractivity contribution in [2.45, 2.75) is 37.4 Å². The fourth-order valence-corrected chi connectivity index (χ4v) is 3.85. The Bertz CT molecular complexity index is 941. The molecule has 1 aliphatic heterocycles. The van der Waals surface area contributed by atoms with Gasteiger partial charge < -0.3 is 15.2 Å². The number of amides is 1. The van der Waals surface area contributed by atoms with Gasteiger partial charge in [0.25, 0.3) is 0 Å². The van der Waals surface area contributed by atoms with Crippen LogP contribution >= 0.6 is 0 Å². The van der Waals surface area contributed by atoms with Crippen LogP contribution in [0.1, 0.15) is 31.0 Å². The van der Waals surface area contributed by atoms with Crippen LogP contribution in [0.4, 0.5) is 5.82 Å². The minimum Gasteiger partial charge on any atom is -0.364 e. The second-order valence-corrected chi connectivity index (χ2v) is 6.77. The average molecular weight is 337 g/mol. The maximum Gasteiger partial charge on any atom is 0.225 e. The van der Waals surface area contributed by atoms with Crippen molar-refractivity contribution in [1.29, 1.82) is 0 Å². The van der Waals surface area contributed by atoms with Crippen molar-refractivity contribution in [3.63, 3.8) is 0 Å². The molecule has 3 aromatic rings. The van der Waals surface area contributed by atoms with Gasteiger partial charge in [-0.1, -0.05) is 0 Å². The molecule has 0 spiro atoms. The molecule has 25 heavy (non-hydrogen) atoms. The lowest BCUT2D eigenvalue weighted by atomic mass is 10.1. The van der Waals surface area contributed by atoms with E-state index in [9.17, 15) is 4.79 Å². The summed E-state index contributed by atoms with van der Waals surface area (Å²) in [7, 11) is 1.93. The molecule has 1 aliphatic carbocycles. The third kappa shape index (κ3) is 2.28. The van der Waals surface area contributed by atoms with Gasteiger partial charge in [0.15, 0.2) is 0 Å². The standard InChI is InChI=1S/C17H19N7O/c1-23-13(5-7-21-23)15-12(8-14(25)24(15)10-2-3-10)22-17-11-4-6-18-16(11)19-9-20-17/h4-7,9-10,12,15H,2-3,8H2,1H3,(H2,18,19,20,22)/t12-,15-/m1/s1. The number of hydrogen-bond donors (Lipinski definition) is 2. The molecule has 1 saturated heterocycles. The van der Waals surface area contributed by atoms with E-state index in [1.54, 1.807) is 6.20 Å². The first kappa shape index (κ1) is 14.4. The van der Waals surface area contributed by atoms with Gasteiger partial charge in [-0.3, -0.25) is 9.48 Å². The number of anilines is 1. The Morgan fingerprint density at radius 3 is 2.92 bits per heavy atom. The maximum absolute atomic E-state index is 12.7. The van der Waals surface area contributed by atoms with Gasteiger partial charge >= 0.3 is 0 Å². The van der Waals surface area contributed by atoms with Crippen LogP contribution in [0.25, 0.3) is 11.0 Å². The molecule has 0 bridgehead atoms. The lowest BCUT2D eigenvalue weighted by Crippen LogP contribution is -2.35. The molecule has 1 saturated carbocycles. The molecule has 5 rings (SSSR count). The Hall–Kier alpha value is -2.90. The molecule has 0 aromatic carbocycles. The Balaban J connectivity index is 1.53. The van der Waals surface area contributed by atoms with E-state index >= 15 is 0 Å². The summed E-state index contributed by atoms with van der Waals surface area (Å²) in [4.78, 5) is 26.5. The van der Waals surface area contributed by atoms with E-state index in [4.69, 9.17) is 0 Å². The first-order valence-electron chi connectivity index (χ1n) is 8.56. The van der Waals surface area contributed by atoms with Crippen LogP contribution in [0.15, 0.2) is 30.9 Å². The van der Waals surface area contributed by atoms with Crippen LogP contribution in [0.5, 0.6) is 0 Å². The molecule has 8 heteroatoms. The van der Waals surface area contributed by atoms with E-state index in [1.165, 1.54) is 6.33 Å². The van der Waals surface area contributed by atoms with E-state index in [0.29, 0.717) is 12.5 Å². The second-order valence-electron chi connectivity index (χ2n) is 6.77. The number of hydrogen-bond acceptors (Lipinski definition) is 5. The van der Waals surface area contributed by atoms with Crippen molar-refractivity contribution >= 4 is 22.8 Å². The van der Waals surface area contributed by atoms with E-state index in [2.05, 4.69) is 25.4 Å². The lowest BCUT2D eigenvalue weighted by Gasteiger charge is -2.29. The zero-order chi connectivity index (χ0) is 17.0. The van der Waals surface area contributed by atoms with E-state index in [1.807, 2.05) is 35.0 Å². The highest BCUT2D eigenvalue weighted by Crippen LogP contribution is 2.42. The van der Waals surface area contributed by atoms with Gasteiger partial charge in [-0.25, -0.2) is 9.97 Å². The highest BCUT2D eigenvalue weighted by molar-refractivity contribution is 5.88. The van der Waals surface area contributed by atoms with Crippen LogP contribution in [-0.4, -0.2) is 47.6 Å². The number of aromatic amines is 1. The molecule has 2 aliphatic rings. The molecule has 2 fully saturated rings. The summed E-state index contributed by atoms with van der Waals surface area (Å²) in [5.74, 6) is 0.958. The Kier molecular flexibility index (Phi) is 3.06. The third-order valence-corrected chi connectivity index (χ3v) is 5.14. The van der Waals surface area contributed by atoms with Crippen molar-refractivity contribution < 1.29 is 4.79 Å². The number of carbonyl (C=O) groups is 1. The number of aryl methyl sites for hydroxylation is 1. The summed E-state index contributed by atoms with van der Waals surface area (Å²) in [6, 6.07) is 4.23. The van der Waals surface area contributed by atoms with Crippen LogP contribution in [0.3, 0.4) is 0 Å². The quantitative estimate of drug-likeness (QED) is 0.755. The highest BCUT2D eigenvalue weighted by Gasteiger charge is 2.48. The van der Waals surface area contributed by atoms with E-state index in [0.717, 1.165) is 35.4 Å². The predicted octanol–water partition coefficient (Wildman–Crippen LogP) is 1.61. The van der Waals surface area contributed by atoms with Gasteiger partial charge in [-0.05, 0) is 25.0 Å². The van der Waals surface area contributed by atoms with Crippen molar-refractivity contribution in [3.8, 4) is 0 Å². The smallest absolute Gasteiger partial charge is 0.225 e. The molecular formula is C17H19N7O. The molecule has 4 heterocycles. The van der Waals surface area contributed by atoms with Gasteiger partial charge in [0.05, 0.1) is 23.2 Å². The van der Waals surface area contributed by atoms with Crippen LogP contribution in [0, 0.1) is 0 Å². The number of rotatable bonds is 4. The van der Waals surface area contributed by atoms with Gasteiger partial charge in [-0.15, -0.1) is 0 Å². The number of fused-ring (bicyclic) bond motifs is 1.